The highest BCUT2D eigenvalue weighted by Gasteiger charge is 2.18. The van der Waals surface area contributed by atoms with Gasteiger partial charge in [0, 0.05) is 6.07 Å². The Bertz CT molecular complexity index is 1230. The maximum Gasteiger partial charge on any atom is 0.414 e. The quantitative estimate of drug-likeness (QED) is 0.356. The van der Waals surface area contributed by atoms with Crippen molar-refractivity contribution in [3.63, 3.8) is 0 Å². The molecule has 1 aromatic carbocycles. The molecule has 0 saturated carbocycles. The Morgan fingerprint density at radius 3 is 2.47 bits per heavy atom. The number of nitrogens with zero attached hydrogens (tertiary/aromatic N) is 3. The first-order chi connectivity index (χ1) is 16.1. The smallest absolute Gasteiger partial charge is 0.414 e. The molecule has 0 aliphatic rings. The van der Waals surface area contributed by atoms with Crippen molar-refractivity contribution in [2.24, 2.45) is 5.10 Å². The fraction of sp³-hybridized carbons (Fsp3) is 0.200. The number of imide groups is 1. The van der Waals surface area contributed by atoms with Crippen molar-refractivity contribution >= 4 is 52.6 Å². The Hall–Kier alpha value is -4.08. The molecule has 0 spiro atoms. The Balaban J connectivity index is 2.23. The van der Waals surface area contributed by atoms with E-state index in [-0.39, 0.29) is 33.8 Å². The highest BCUT2D eigenvalue weighted by Crippen LogP contribution is 2.38. The van der Waals surface area contributed by atoms with Gasteiger partial charge >= 0.3 is 12.1 Å². The van der Waals surface area contributed by atoms with Crippen molar-refractivity contribution in [3.05, 3.63) is 50.9 Å². The van der Waals surface area contributed by atoms with Crippen LogP contribution in [0.2, 0.25) is 10.0 Å². The number of alkyl carbamates (subject to hydrolysis) is 1. The fourth-order valence-corrected chi connectivity index (χ4v) is 2.94. The highest BCUT2D eigenvalue weighted by molar-refractivity contribution is 6.47. The number of halogens is 2. The van der Waals surface area contributed by atoms with Crippen LogP contribution in [0.25, 0.3) is 0 Å². The lowest BCUT2D eigenvalue weighted by Gasteiger charge is -2.14. The second-order valence-electron chi connectivity index (χ2n) is 6.35. The third-order valence-electron chi connectivity index (χ3n) is 4.01. The van der Waals surface area contributed by atoms with E-state index >= 15 is 0 Å². The monoisotopic (exact) mass is 509 g/mol. The lowest BCUT2D eigenvalue weighted by molar-refractivity contribution is -0.140. The lowest BCUT2D eigenvalue weighted by Crippen LogP contribution is -2.36. The molecule has 178 valence electrons. The predicted molar refractivity (Wildman–Crippen MR) is 121 cm³/mol. The van der Waals surface area contributed by atoms with Crippen molar-refractivity contribution < 1.29 is 29.0 Å². The number of amides is 2. The number of nitriles is 1. The van der Waals surface area contributed by atoms with Crippen LogP contribution in [-0.2, 0) is 14.3 Å². The molecule has 1 atom stereocenters. The van der Waals surface area contributed by atoms with E-state index < -0.39 is 35.3 Å². The van der Waals surface area contributed by atoms with Gasteiger partial charge in [-0.05, 0) is 32.0 Å². The van der Waals surface area contributed by atoms with Gasteiger partial charge in [0.25, 0.3) is 11.5 Å². The number of anilines is 1. The third-order valence-corrected chi connectivity index (χ3v) is 4.57. The molecule has 2 rings (SSSR count). The van der Waals surface area contributed by atoms with E-state index in [1.807, 2.05) is 5.32 Å². The van der Waals surface area contributed by atoms with Gasteiger partial charge in [-0.1, -0.05) is 23.2 Å². The summed E-state index contributed by atoms with van der Waals surface area (Å²) >= 11 is 12.4. The molecule has 14 heteroatoms. The molecule has 34 heavy (non-hydrogen) atoms. The van der Waals surface area contributed by atoms with Crippen molar-refractivity contribution in [3.8, 4) is 17.6 Å². The van der Waals surface area contributed by atoms with Gasteiger partial charge in [-0.3, -0.25) is 24.9 Å². The SMILES string of the molecule is CCOC(=O)NC(=O)C(C#N)=NNc1cc(Cl)c(Oc2ccc(=O)n(C(C)C(=O)O)c2)c(Cl)c1. The van der Waals surface area contributed by atoms with E-state index in [2.05, 4.69) is 15.3 Å². The average molecular weight is 510 g/mol. The molecule has 2 aromatic rings. The summed E-state index contributed by atoms with van der Waals surface area (Å²) in [6.45, 7) is 2.90. The van der Waals surface area contributed by atoms with Crippen LogP contribution >= 0.6 is 23.2 Å². The van der Waals surface area contributed by atoms with Crippen LogP contribution in [0.15, 0.2) is 40.4 Å². The number of carboxylic acids is 1. The van der Waals surface area contributed by atoms with Crippen LogP contribution in [0.3, 0.4) is 0 Å². The number of rotatable bonds is 8. The number of pyridine rings is 1. The first kappa shape index (κ1) is 26.2. The minimum Gasteiger partial charge on any atom is -0.480 e. The maximum atomic E-state index is 11.9. The molecule has 1 heterocycles. The third kappa shape index (κ3) is 6.71. The number of ether oxygens (including phenoxy) is 2. The molecule has 0 aliphatic carbocycles. The van der Waals surface area contributed by atoms with Gasteiger partial charge in [0.2, 0.25) is 5.71 Å². The van der Waals surface area contributed by atoms with E-state index in [0.717, 1.165) is 10.6 Å². The fourth-order valence-electron chi connectivity index (χ4n) is 2.37. The van der Waals surface area contributed by atoms with Crippen molar-refractivity contribution in [1.82, 2.24) is 9.88 Å². The summed E-state index contributed by atoms with van der Waals surface area (Å²) < 4.78 is 11.1. The Kier molecular flexibility index (Phi) is 9.00. The number of nitrogens with one attached hydrogen (secondary N) is 2. The van der Waals surface area contributed by atoms with Gasteiger partial charge in [-0.25, -0.2) is 9.59 Å². The van der Waals surface area contributed by atoms with E-state index in [1.54, 1.807) is 6.92 Å². The molecule has 1 unspecified atom stereocenters. The lowest BCUT2D eigenvalue weighted by atomic mass is 10.3. The van der Waals surface area contributed by atoms with Crippen molar-refractivity contribution in [2.45, 2.75) is 19.9 Å². The minimum absolute atomic E-state index is 0.00778. The standard InChI is InChI=1S/C20H17Cl2N5O7/c1-3-33-20(32)24-18(29)15(8-23)26-25-11-6-13(21)17(14(22)7-11)34-12-4-5-16(28)27(9-12)10(2)19(30)31/h4-7,9-10,25H,3H2,1-2H3,(H,30,31)(H,24,29,32). The van der Waals surface area contributed by atoms with Crippen LogP contribution < -0.4 is 21.0 Å². The molecule has 0 saturated heterocycles. The molecular weight excluding hydrogens is 493 g/mol. The first-order valence-corrected chi connectivity index (χ1v) is 10.2. The summed E-state index contributed by atoms with van der Waals surface area (Å²) in [5, 5.41) is 23.6. The second-order valence-corrected chi connectivity index (χ2v) is 7.17. The van der Waals surface area contributed by atoms with Gasteiger partial charge < -0.3 is 14.6 Å². The van der Waals surface area contributed by atoms with Crippen molar-refractivity contribution in [1.29, 1.82) is 5.26 Å². The van der Waals surface area contributed by atoms with Crippen LogP contribution in [0.4, 0.5) is 10.5 Å². The predicted octanol–water partition coefficient (Wildman–Crippen LogP) is 3.16. The number of hydrogen-bond acceptors (Lipinski definition) is 9. The first-order valence-electron chi connectivity index (χ1n) is 9.41. The van der Waals surface area contributed by atoms with Gasteiger partial charge in [0.1, 0.15) is 17.9 Å². The van der Waals surface area contributed by atoms with E-state index in [0.29, 0.717) is 0 Å². The average Bonchev–Trinajstić information content (AvgIpc) is 2.77. The summed E-state index contributed by atoms with van der Waals surface area (Å²) in [4.78, 5) is 46.3. The largest absolute Gasteiger partial charge is 0.480 e. The molecule has 2 amide bonds. The second kappa shape index (κ2) is 11.7. The normalized spacial score (nSPS) is 11.7. The number of benzene rings is 1. The molecular formula is C20H17Cl2N5O7. The summed E-state index contributed by atoms with van der Waals surface area (Å²) in [6, 6.07) is 5.48. The Morgan fingerprint density at radius 2 is 1.91 bits per heavy atom. The summed E-state index contributed by atoms with van der Waals surface area (Å²) in [6.07, 6.45) is 0.165. The Morgan fingerprint density at radius 1 is 1.26 bits per heavy atom. The maximum absolute atomic E-state index is 11.9. The zero-order valence-corrected chi connectivity index (χ0v) is 19.2. The number of hydrazone groups is 1. The van der Waals surface area contributed by atoms with Crippen LogP contribution in [0.1, 0.15) is 19.9 Å². The molecule has 12 nitrogen and oxygen atoms in total. The molecule has 0 radical (unpaired) electrons. The molecule has 0 fully saturated rings. The van der Waals surface area contributed by atoms with E-state index in [9.17, 15) is 19.2 Å². The van der Waals surface area contributed by atoms with Crippen LogP contribution in [-0.4, -0.2) is 40.0 Å². The number of aliphatic carboxylic acids is 1. The van der Waals surface area contributed by atoms with E-state index in [1.165, 1.54) is 37.4 Å². The van der Waals surface area contributed by atoms with Gasteiger partial charge in [0.15, 0.2) is 5.75 Å². The zero-order valence-electron chi connectivity index (χ0n) is 17.7. The summed E-state index contributed by atoms with van der Waals surface area (Å²) in [5.74, 6) is -2.21. The summed E-state index contributed by atoms with van der Waals surface area (Å²) in [7, 11) is 0. The topological polar surface area (TPSA) is 172 Å². The minimum atomic E-state index is -1.21. The van der Waals surface area contributed by atoms with Crippen LogP contribution in [0, 0.1) is 11.3 Å². The zero-order chi connectivity index (χ0) is 25.4. The van der Waals surface area contributed by atoms with Gasteiger partial charge in [-0.2, -0.15) is 10.4 Å². The van der Waals surface area contributed by atoms with Crippen molar-refractivity contribution in [2.75, 3.05) is 12.0 Å². The van der Waals surface area contributed by atoms with Crippen LogP contribution in [0.5, 0.6) is 11.5 Å². The number of carbonyl (C=O) groups excluding carboxylic acids is 2. The molecule has 3 N–H and O–H groups in total. The Labute approximate surface area is 202 Å². The number of carbonyl (C=O) groups is 3. The summed E-state index contributed by atoms with van der Waals surface area (Å²) in [5.41, 5.74) is 1.37. The number of hydrogen-bond donors (Lipinski definition) is 3. The number of carboxylic acid groups (broad SMARTS) is 1. The number of aromatic nitrogens is 1. The van der Waals surface area contributed by atoms with Gasteiger partial charge in [0.05, 0.1) is 28.5 Å². The molecule has 0 bridgehead atoms. The molecule has 1 aromatic heterocycles. The van der Waals surface area contributed by atoms with Gasteiger partial charge in [-0.15, -0.1) is 0 Å². The highest BCUT2D eigenvalue weighted by atomic mass is 35.5. The molecule has 0 aliphatic heterocycles. The van der Waals surface area contributed by atoms with E-state index in [4.69, 9.17) is 38.3 Å².